The fourth-order valence-corrected chi connectivity index (χ4v) is 3.61. The van der Waals surface area contributed by atoms with Crippen molar-refractivity contribution >= 4 is 35.8 Å². The largest absolute Gasteiger partial charge is 0.337 e. The first-order chi connectivity index (χ1) is 10.5. The van der Waals surface area contributed by atoms with Crippen molar-refractivity contribution in [2.75, 3.05) is 13.1 Å². The smallest absolute Gasteiger partial charge is 0.269 e. The summed E-state index contributed by atoms with van der Waals surface area (Å²) >= 11 is 1.42. The molecule has 0 bridgehead atoms. The molecule has 1 aromatic carbocycles. The lowest BCUT2D eigenvalue weighted by molar-refractivity contribution is -0.384. The molecule has 1 aliphatic rings. The Kier molecular flexibility index (Phi) is 7.81. The lowest BCUT2D eigenvalue weighted by atomic mass is 10.0. The number of hydrogen-bond acceptors (Lipinski definition) is 5. The average molecular weight is 360 g/mol. The number of hydrogen-bond donors (Lipinski definition) is 1. The van der Waals surface area contributed by atoms with Crippen molar-refractivity contribution in [2.45, 2.75) is 42.4 Å². The Morgan fingerprint density at radius 1 is 1.43 bits per heavy atom. The highest BCUT2D eigenvalue weighted by Crippen LogP contribution is 2.28. The van der Waals surface area contributed by atoms with Crippen LogP contribution in [-0.2, 0) is 4.79 Å². The van der Waals surface area contributed by atoms with Crippen LogP contribution >= 0.6 is 24.2 Å². The highest BCUT2D eigenvalue weighted by Gasteiger charge is 2.29. The minimum Gasteiger partial charge on any atom is -0.337 e. The van der Waals surface area contributed by atoms with Gasteiger partial charge in [0.2, 0.25) is 5.91 Å². The number of thioether (sulfide) groups is 1. The normalized spacial score (nSPS) is 18.9. The zero-order valence-electron chi connectivity index (χ0n) is 13.0. The molecule has 0 aromatic heterocycles. The molecule has 0 spiro atoms. The minimum atomic E-state index is -0.428. The van der Waals surface area contributed by atoms with Crippen molar-refractivity contribution < 1.29 is 9.72 Å². The summed E-state index contributed by atoms with van der Waals surface area (Å²) in [5, 5.41) is 10.4. The van der Waals surface area contributed by atoms with Crippen molar-refractivity contribution in [1.29, 1.82) is 0 Å². The van der Waals surface area contributed by atoms with Gasteiger partial charge in [0, 0.05) is 36.2 Å². The van der Waals surface area contributed by atoms with Crippen LogP contribution in [0.3, 0.4) is 0 Å². The van der Waals surface area contributed by atoms with E-state index in [0.717, 1.165) is 30.7 Å². The van der Waals surface area contributed by atoms with E-state index in [1.807, 2.05) is 11.8 Å². The van der Waals surface area contributed by atoms with Gasteiger partial charge in [0.1, 0.15) is 0 Å². The molecule has 2 unspecified atom stereocenters. The molecule has 1 heterocycles. The summed E-state index contributed by atoms with van der Waals surface area (Å²) in [7, 11) is 0. The van der Waals surface area contributed by atoms with Gasteiger partial charge in [-0.2, -0.15) is 0 Å². The fraction of sp³-hybridized carbons (Fsp3) is 0.533. The van der Waals surface area contributed by atoms with Crippen LogP contribution in [0, 0.1) is 10.1 Å². The summed E-state index contributed by atoms with van der Waals surface area (Å²) in [5.41, 5.74) is 5.82. The van der Waals surface area contributed by atoms with Crippen LogP contribution in [0.4, 0.5) is 5.69 Å². The zero-order valence-corrected chi connectivity index (χ0v) is 14.6. The first-order valence-corrected chi connectivity index (χ1v) is 8.32. The van der Waals surface area contributed by atoms with Crippen molar-refractivity contribution in [2.24, 2.45) is 5.73 Å². The lowest BCUT2D eigenvalue weighted by Gasteiger charge is -2.36. The summed E-state index contributed by atoms with van der Waals surface area (Å²) in [6.07, 6.45) is 3.11. The van der Waals surface area contributed by atoms with Crippen LogP contribution in [0.25, 0.3) is 0 Å². The quantitative estimate of drug-likeness (QED) is 0.496. The van der Waals surface area contributed by atoms with E-state index in [-0.39, 0.29) is 35.3 Å². The van der Waals surface area contributed by atoms with Gasteiger partial charge in [0.05, 0.1) is 10.2 Å². The van der Waals surface area contributed by atoms with E-state index in [2.05, 4.69) is 0 Å². The number of halogens is 1. The van der Waals surface area contributed by atoms with E-state index in [0.29, 0.717) is 6.54 Å². The van der Waals surface area contributed by atoms with E-state index in [1.165, 1.54) is 23.9 Å². The second-order valence-electron chi connectivity index (χ2n) is 5.43. The van der Waals surface area contributed by atoms with Gasteiger partial charge in [-0.3, -0.25) is 14.9 Å². The predicted octanol–water partition coefficient (Wildman–Crippen LogP) is 2.84. The molecule has 2 rings (SSSR count). The number of piperidine rings is 1. The highest BCUT2D eigenvalue weighted by molar-refractivity contribution is 8.00. The van der Waals surface area contributed by atoms with Gasteiger partial charge in [-0.15, -0.1) is 24.2 Å². The third kappa shape index (κ3) is 5.09. The molecule has 1 aliphatic heterocycles. The lowest BCUT2D eigenvalue weighted by Crippen LogP contribution is -2.49. The van der Waals surface area contributed by atoms with Crippen molar-refractivity contribution in [1.82, 2.24) is 4.90 Å². The standard InChI is InChI=1S/C15H21N3O3S.ClH/c1-11(15(19)17-9-3-2-4-13(17)10-16)22-14-7-5-12(6-8-14)18(20)21;/h5-8,11,13H,2-4,9-10,16H2,1H3;1H. The number of non-ortho nitro benzene ring substituents is 1. The van der Waals surface area contributed by atoms with Crippen LogP contribution in [0.2, 0.25) is 0 Å². The summed E-state index contributed by atoms with van der Waals surface area (Å²) in [6.45, 7) is 3.14. The summed E-state index contributed by atoms with van der Waals surface area (Å²) in [6, 6.07) is 6.43. The second-order valence-corrected chi connectivity index (χ2v) is 6.84. The fourth-order valence-electron chi connectivity index (χ4n) is 2.67. The van der Waals surface area contributed by atoms with Crippen LogP contribution in [0.15, 0.2) is 29.2 Å². The Hall–Kier alpha value is -1.31. The molecule has 1 amide bonds. The number of benzene rings is 1. The third-order valence-corrected chi connectivity index (χ3v) is 4.99. The Bertz CT molecular complexity index is 541. The number of amides is 1. The first kappa shape index (κ1) is 19.7. The molecule has 128 valence electrons. The Balaban J connectivity index is 0.00000264. The zero-order chi connectivity index (χ0) is 16.1. The van der Waals surface area contributed by atoms with Gasteiger partial charge in [0.15, 0.2) is 0 Å². The van der Waals surface area contributed by atoms with Crippen LogP contribution in [0.1, 0.15) is 26.2 Å². The van der Waals surface area contributed by atoms with Crippen molar-refractivity contribution in [3.63, 3.8) is 0 Å². The monoisotopic (exact) mass is 359 g/mol. The van der Waals surface area contributed by atoms with Crippen LogP contribution < -0.4 is 5.73 Å². The van der Waals surface area contributed by atoms with Gasteiger partial charge in [0.25, 0.3) is 5.69 Å². The molecule has 1 fully saturated rings. The number of likely N-dealkylation sites (tertiary alicyclic amines) is 1. The minimum absolute atomic E-state index is 0. The van der Waals surface area contributed by atoms with Gasteiger partial charge in [-0.1, -0.05) is 0 Å². The molecule has 23 heavy (non-hydrogen) atoms. The molecule has 0 saturated carbocycles. The summed E-state index contributed by atoms with van der Waals surface area (Å²) in [4.78, 5) is 25.6. The number of nitro benzene ring substituents is 1. The molecule has 0 aliphatic carbocycles. The maximum Gasteiger partial charge on any atom is 0.269 e. The van der Waals surface area contributed by atoms with Gasteiger partial charge >= 0.3 is 0 Å². The maximum absolute atomic E-state index is 12.6. The van der Waals surface area contributed by atoms with E-state index in [1.54, 1.807) is 12.1 Å². The second kappa shape index (κ2) is 9.10. The number of nitro groups is 1. The molecule has 8 heteroatoms. The topological polar surface area (TPSA) is 89.5 Å². The number of carbonyl (C=O) groups excluding carboxylic acids is 1. The molecule has 1 saturated heterocycles. The van der Waals surface area contributed by atoms with Gasteiger partial charge in [-0.25, -0.2) is 0 Å². The molecular formula is C15H22ClN3O3S. The molecule has 2 atom stereocenters. The molecular weight excluding hydrogens is 338 g/mol. The van der Waals surface area contributed by atoms with Crippen LogP contribution in [0.5, 0.6) is 0 Å². The number of rotatable bonds is 5. The number of nitrogens with two attached hydrogens (primary N) is 1. The maximum atomic E-state index is 12.6. The predicted molar refractivity (Wildman–Crippen MR) is 94.1 cm³/mol. The van der Waals surface area contributed by atoms with Crippen molar-refractivity contribution in [3.8, 4) is 0 Å². The van der Waals surface area contributed by atoms with E-state index >= 15 is 0 Å². The van der Waals surface area contributed by atoms with Crippen molar-refractivity contribution in [3.05, 3.63) is 34.4 Å². The summed E-state index contributed by atoms with van der Waals surface area (Å²) in [5.74, 6) is 0.0958. The summed E-state index contributed by atoms with van der Waals surface area (Å²) < 4.78 is 0. The third-order valence-electron chi connectivity index (χ3n) is 3.89. The average Bonchev–Trinajstić information content (AvgIpc) is 2.54. The molecule has 2 N–H and O–H groups in total. The Morgan fingerprint density at radius 2 is 2.09 bits per heavy atom. The Morgan fingerprint density at radius 3 is 2.65 bits per heavy atom. The van der Waals surface area contributed by atoms with Crippen LogP contribution in [-0.4, -0.2) is 40.1 Å². The number of nitrogens with zero attached hydrogens (tertiary/aromatic N) is 2. The molecule has 6 nitrogen and oxygen atoms in total. The molecule has 0 radical (unpaired) electrons. The molecule has 1 aromatic rings. The Labute approximate surface area is 146 Å². The highest BCUT2D eigenvalue weighted by atomic mass is 35.5. The SMILES string of the molecule is CC(Sc1ccc([N+](=O)[O-])cc1)C(=O)N1CCCCC1CN.Cl. The first-order valence-electron chi connectivity index (χ1n) is 7.44. The van der Waals surface area contributed by atoms with Gasteiger partial charge in [-0.05, 0) is 38.3 Å². The number of carbonyl (C=O) groups is 1. The van der Waals surface area contributed by atoms with E-state index in [4.69, 9.17) is 5.73 Å². The van der Waals surface area contributed by atoms with Gasteiger partial charge < -0.3 is 10.6 Å². The van der Waals surface area contributed by atoms with E-state index in [9.17, 15) is 14.9 Å². The van der Waals surface area contributed by atoms with E-state index < -0.39 is 4.92 Å².